The number of aryl methyl sites for hydroxylation is 1. The summed E-state index contributed by atoms with van der Waals surface area (Å²) in [6.45, 7) is 2.13. The van der Waals surface area contributed by atoms with Crippen molar-refractivity contribution in [2.24, 2.45) is 0 Å². The quantitative estimate of drug-likeness (QED) is 0.839. The zero-order valence-electron chi connectivity index (χ0n) is 10.3. The molecule has 0 radical (unpaired) electrons. The van der Waals surface area contributed by atoms with Gasteiger partial charge in [-0.1, -0.05) is 43.7 Å². The molecule has 1 heterocycles. The van der Waals surface area contributed by atoms with Crippen LogP contribution in [0.25, 0.3) is 0 Å². The molecule has 0 amide bonds. The second-order valence-corrected chi connectivity index (χ2v) is 5.20. The van der Waals surface area contributed by atoms with Crippen LogP contribution in [0.15, 0.2) is 30.3 Å². The Balaban J connectivity index is 2.23. The van der Waals surface area contributed by atoms with Crippen molar-refractivity contribution in [3.8, 4) is 0 Å². The third kappa shape index (κ3) is 2.76. The van der Waals surface area contributed by atoms with Crippen molar-refractivity contribution in [2.75, 3.05) is 5.73 Å². The maximum Gasteiger partial charge on any atom is 0.206 e. The molecule has 1 aromatic carbocycles. The van der Waals surface area contributed by atoms with E-state index in [9.17, 15) is 4.79 Å². The van der Waals surface area contributed by atoms with E-state index < -0.39 is 0 Å². The molecule has 0 bridgehead atoms. The van der Waals surface area contributed by atoms with Gasteiger partial charge in [0.2, 0.25) is 5.78 Å². The Kier molecular flexibility index (Phi) is 4.10. The monoisotopic (exact) mass is 260 g/mol. The Bertz CT molecular complexity index is 534. The Labute approximate surface area is 111 Å². The van der Waals surface area contributed by atoms with Crippen molar-refractivity contribution in [3.05, 3.63) is 45.8 Å². The van der Waals surface area contributed by atoms with Crippen LogP contribution in [-0.4, -0.2) is 10.8 Å². The third-order valence-electron chi connectivity index (χ3n) is 2.68. The van der Waals surface area contributed by atoms with Crippen LogP contribution in [-0.2, 0) is 6.42 Å². The van der Waals surface area contributed by atoms with Crippen molar-refractivity contribution in [2.45, 2.75) is 26.2 Å². The molecular formula is C14H16N2OS. The Hall–Kier alpha value is -1.68. The zero-order chi connectivity index (χ0) is 13.0. The van der Waals surface area contributed by atoms with Gasteiger partial charge in [0.1, 0.15) is 10.7 Å². The minimum atomic E-state index is -0.0339. The molecule has 0 aliphatic heterocycles. The number of nitrogen functional groups attached to an aromatic ring is 1. The smallest absolute Gasteiger partial charge is 0.206 e. The molecule has 0 aliphatic carbocycles. The minimum Gasteiger partial charge on any atom is -0.382 e. The lowest BCUT2D eigenvalue weighted by atomic mass is 10.1. The molecule has 0 spiro atoms. The molecule has 1 aromatic heterocycles. The van der Waals surface area contributed by atoms with Gasteiger partial charge in [-0.05, 0) is 12.8 Å². The summed E-state index contributed by atoms with van der Waals surface area (Å²) in [6.07, 6.45) is 3.08. The molecule has 4 heteroatoms. The van der Waals surface area contributed by atoms with Crippen molar-refractivity contribution in [1.29, 1.82) is 0 Å². The molecule has 0 unspecified atom stereocenters. The number of thiazole rings is 1. The first-order chi connectivity index (χ1) is 8.72. The molecule has 18 heavy (non-hydrogen) atoms. The molecule has 2 N–H and O–H groups in total. The van der Waals surface area contributed by atoms with Gasteiger partial charge in [-0.2, -0.15) is 0 Å². The van der Waals surface area contributed by atoms with E-state index in [2.05, 4.69) is 11.9 Å². The summed E-state index contributed by atoms with van der Waals surface area (Å²) in [5.74, 6) is 0.327. The van der Waals surface area contributed by atoms with Crippen molar-refractivity contribution < 1.29 is 4.79 Å². The highest BCUT2D eigenvalue weighted by Crippen LogP contribution is 2.25. The standard InChI is InChI=1S/C14H16N2OS/c1-2-3-9-11-16-14(15)13(18-11)12(17)10-7-5-4-6-8-10/h4-8H,2-3,9,15H2,1H3. The molecule has 94 valence electrons. The lowest BCUT2D eigenvalue weighted by molar-refractivity contribution is 0.104. The van der Waals surface area contributed by atoms with E-state index in [-0.39, 0.29) is 5.78 Å². The van der Waals surface area contributed by atoms with Crippen LogP contribution in [0.1, 0.15) is 40.0 Å². The third-order valence-corrected chi connectivity index (χ3v) is 3.81. The Morgan fingerprint density at radius 1 is 1.33 bits per heavy atom. The number of nitrogens with two attached hydrogens (primary N) is 1. The maximum absolute atomic E-state index is 12.2. The molecule has 0 saturated heterocycles. The molecule has 2 rings (SSSR count). The number of hydrogen-bond acceptors (Lipinski definition) is 4. The molecule has 0 saturated carbocycles. The van der Waals surface area contributed by atoms with Gasteiger partial charge in [0, 0.05) is 5.56 Å². The molecular weight excluding hydrogens is 244 g/mol. The second kappa shape index (κ2) is 5.78. The van der Waals surface area contributed by atoms with E-state index in [1.165, 1.54) is 11.3 Å². The van der Waals surface area contributed by atoms with Crippen LogP contribution in [0.3, 0.4) is 0 Å². The summed E-state index contributed by atoms with van der Waals surface area (Å²) in [6, 6.07) is 9.19. The maximum atomic E-state index is 12.2. The molecule has 0 aliphatic rings. The number of rotatable bonds is 5. The number of benzene rings is 1. The molecule has 0 atom stereocenters. The number of aromatic nitrogens is 1. The van der Waals surface area contributed by atoms with E-state index >= 15 is 0 Å². The first-order valence-electron chi connectivity index (χ1n) is 6.07. The summed E-state index contributed by atoms with van der Waals surface area (Å²) in [5, 5.41) is 0.952. The number of anilines is 1. The number of carbonyl (C=O) groups is 1. The van der Waals surface area contributed by atoms with Crippen molar-refractivity contribution >= 4 is 22.9 Å². The Morgan fingerprint density at radius 2 is 2.06 bits per heavy atom. The minimum absolute atomic E-state index is 0.0339. The fourth-order valence-corrected chi connectivity index (χ4v) is 2.68. The summed E-state index contributed by atoms with van der Waals surface area (Å²) < 4.78 is 0. The van der Waals surface area contributed by atoms with Gasteiger partial charge in [-0.3, -0.25) is 4.79 Å². The van der Waals surface area contributed by atoms with Crippen LogP contribution in [0, 0.1) is 0 Å². The van der Waals surface area contributed by atoms with Crippen molar-refractivity contribution in [3.63, 3.8) is 0 Å². The normalized spacial score (nSPS) is 10.5. The molecule has 0 fully saturated rings. The number of nitrogens with zero attached hydrogens (tertiary/aromatic N) is 1. The second-order valence-electron chi connectivity index (χ2n) is 4.12. The first-order valence-corrected chi connectivity index (χ1v) is 6.89. The largest absolute Gasteiger partial charge is 0.382 e. The summed E-state index contributed by atoms with van der Waals surface area (Å²) >= 11 is 1.42. The number of unbranched alkanes of at least 4 members (excludes halogenated alkanes) is 1. The number of hydrogen-bond donors (Lipinski definition) is 1. The zero-order valence-corrected chi connectivity index (χ0v) is 11.2. The lowest BCUT2D eigenvalue weighted by Gasteiger charge is -1.97. The summed E-state index contributed by atoms with van der Waals surface area (Å²) in [4.78, 5) is 17.1. The van der Waals surface area contributed by atoms with Crippen LogP contribution in [0.2, 0.25) is 0 Å². The number of carbonyl (C=O) groups excluding carboxylic acids is 1. The average molecular weight is 260 g/mol. The fourth-order valence-electron chi connectivity index (χ4n) is 1.70. The van der Waals surface area contributed by atoms with E-state index in [1.54, 1.807) is 12.1 Å². The highest BCUT2D eigenvalue weighted by molar-refractivity contribution is 7.14. The summed E-state index contributed by atoms with van der Waals surface area (Å²) in [7, 11) is 0. The van der Waals surface area contributed by atoms with Gasteiger partial charge < -0.3 is 5.73 Å². The van der Waals surface area contributed by atoms with Gasteiger partial charge in [0.05, 0.1) is 5.01 Å². The van der Waals surface area contributed by atoms with Gasteiger partial charge >= 0.3 is 0 Å². The van der Waals surface area contributed by atoms with Crippen LogP contribution in [0.5, 0.6) is 0 Å². The topological polar surface area (TPSA) is 56.0 Å². The number of ketones is 1. The highest BCUT2D eigenvalue weighted by atomic mass is 32.1. The predicted octanol–water partition coefficient (Wildman–Crippen LogP) is 3.30. The average Bonchev–Trinajstić information content (AvgIpc) is 2.78. The highest BCUT2D eigenvalue weighted by Gasteiger charge is 2.17. The van der Waals surface area contributed by atoms with E-state index in [0.717, 1.165) is 24.3 Å². The molecule has 3 nitrogen and oxygen atoms in total. The van der Waals surface area contributed by atoms with Crippen LogP contribution in [0.4, 0.5) is 5.82 Å². The van der Waals surface area contributed by atoms with Gasteiger partial charge in [-0.15, -0.1) is 11.3 Å². The van der Waals surface area contributed by atoms with Crippen molar-refractivity contribution in [1.82, 2.24) is 4.98 Å². The van der Waals surface area contributed by atoms with E-state index in [4.69, 9.17) is 5.73 Å². The van der Waals surface area contributed by atoms with Crippen LogP contribution < -0.4 is 5.73 Å². The SMILES string of the molecule is CCCCc1nc(N)c(C(=O)c2ccccc2)s1. The van der Waals surface area contributed by atoms with Crippen LogP contribution >= 0.6 is 11.3 Å². The van der Waals surface area contributed by atoms with Gasteiger partial charge in [0.25, 0.3) is 0 Å². The van der Waals surface area contributed by atoms with E-state index in [0.29, 0.717) is 16.3 Å². The first kappa shape index (κ1) is 12.8. The summed E-state index contributed by atoms with van der Waals surface area (Å²) in [5.41, 5.74) is 6.49. The van der Waals surface area contributed by atoms with Gasteiger partial charge in [-0.25, -0.2) is 4.98 Å². The van der Waals surface area contributed by atoms with E-state index in [1.807, 2.05) is 18.2 Å². The Morgan fingerprint density at radius 3 is 2.72 bits per heavy atom. The predicted molar refractivity (Wildman–Crippen MR) is 75.0 cm³/mol. The molecule has 2 aromatic rings. The fraction of sp³-hybridized carbons (Fsp3) is 0.286. The van der Waals surface area contributed by atoms with Gasteiger partial charge in [0.15, 0.2) is 0 Å². The lowest BCUT2D eigenvalue weighted by Crippen LogP contribution is -2.02.